The molecule has 0 bridgehead atoms. The third kappa shape index (κ3) is 2.85. The third-order valence-corrected chi connectivity index (χ3v) is 1.80. The Morgan fingerprint density at radius 1 is 1.36 bits per heavy atom. The van der Waals surface area contributed by atoms with E-state index in [1.807, 2.05) is 19.1 Å². The lowest BCUT2D eigenvalue weighted by molar-refractivity contribution is 0.0510. The summed E-state index contributed by atoms with van der Waals surface area (Å²) in [5.41, 5.74) is 1.67. The molecule has 0 spiro atoms. The Hall–Kier alpha value is -1.35. The molecule has 0 fully saturated rings. The van der Waals surface area contributed by atoms with Crippen LogP contribution in [0.1, 0.15) is 22.8 Å². The quantitative estimate of drug-likeness (QED) is 0.544. The van der Waals surface area contributed by atoms with Crippen LogP contribution in [0.5, 0.6) is 5.75 Å². The summed E-state index contributed by atoms with van der Waals surface area (Å²) >= 11 is 0. The van der Waals surface area contributed by atoms with E-state index >= 15 is 0 Å². The maximum atomic E-state index is 11.1. The van der Waals surface area contributed by atoms with E-state index < -0.39 is 0 Å². The van der Waals surface area contributed by atoms with Crippen molar-refractivity contribution in [3.05, 3.63) is 29.3 Å². The Bertz CT molecular complexity index is 331. The molecule has 0 aliphatic rings. The standard InChI is InChI=1S/C11H14O3/c1-8-4-10(9(2)12)6-11(5-8)14-7-13-3/h4-6H,7H2,1-3H3. The summed E-state index contributed by atoms with van der Waals surface area (Å²) in [5, 5.41) is 0. The van der Waals surface area contributed by atoms with E-state index in [4.69, 9.17) is 9.47 Å². The second-order valence-corrected chi connectivity index (χ2v) is 3.14. The number of hydrogen-bond acceptors (Lipinski definition) is 3. The highest BCUT2D eigenvalue weighted by molar-refractivity contribution is 5.94. The average molecular weight is 194 g/mol. The highest BCUT2D eigenvalue weighted by Crippen LogP contribution is 2.17. The fourth-order valence-electron chi connectivity index (χ4n) is 1.16. The average Bonchev–Trinajstić information content (AvgIpc) is 2.14. The number of carbonyl (C=O) groups is 1. The van der Waals surface area contributed by atoms with Crippen LogP contribution in [-0.2, 0) is 4.74 Å². The summed E-state index contributed by atoms with van der Waals surface area (Å²) in [4.78, 5) is 11.1. The molecule has 0 radical (unpaired) electrons. The number of methoxy groups -OCH3 is 1. The first-order valence-corrected chi connectivity index (χ1v) is 4.38. The molecule has 3 heteroatoms. The molecule has 0 aliphatic heterocycles. The van der Waals surface area contributed by atoms with Crippen LogP contribution in [0, 0.1) is 6.92 Å². The molecule has 0 saturated carbocycles. The number of ether oxygens (including phenoxy) is 2. The van der Waals surface area contributed by atoms with Gasteiger partial charge in [0.15, 0.2) is 12.6 Å². The van der Waals surface area contributed by atoms with Crippen molar-refractivity contribution >= 4 is 5.78 Å². The zero-order valence-electron chi connectivity index (χ0n) is 8.66. The smallest absolute Gasteiger partial charge is 0.188 e. The molecular formula is C11H14O3. The Morgan fingerprint density at radius 3 is 2.64 bits per heavy atom. The van der Waals surface area contributed by atoms with Gasteiger partial charge in [0.2, 0.25) is 0 Å². The molecule has 0 saturated heterocycles. The van der Waals surface area contributed by atoms with E-state index in [0.717, 1.165) is 5.56 Å². The fourth-order valence-corrected chi connectivity index (χ4v) is 1.16. The molecule has 1 aromatic rings. The van der Waals surface area contributed by atoms with Crippen LogP contribution >= 0.6 is 0 Å². The van der Waals surface area contributed by atoms with Crippen molar-refractivity contribution in [3.63, 3.8) is 0 Å². The molecule has 0 unspecified atom stereocenters. The summed E-state index contributed by atoms with van der Waals surface area (Å²) in [6, 6.07) is 5.42. The largest absolute Gasteiger partial charge is 0.468 e. The molecule has 1 rings (SSSR count). The van der Waals surface area contributed by atoms with Crippen LogP contribution in [-0.4, -0.2) is 19.7 Å². The Morgan fingerprint density at radius 2 is 2.07 bits per heavy atom. The monoisotopic (exact) mass is 194 g/mol. The maximum absolute atomic E-state index is 11.1. The van der Waals surface area contributed by atoms with Gasteiger partial charge in [0.05, 0.1) is 0 Å². The minimum absolute atomic E-state index is 0.0379. The van der Waals surface area contributed by atoms with Crippen molar-refractivity contribution < 1.29 is 14.3 Å². The van der Waals surface area contributed by atoms with Crippen molar-refractivity contribution in [1.82, 2.24) is 0 Å². The van der Waals surface area contributed by atoms with E-state index in [1.165, 1.54) is 6.92 Å². The van der Waals surface area contributed by atoms with Crippen molar-refractivity contribution in [2.45, 2.75) is 13.8 Å². The van der Waals surface area contributed by atoms with Gasteiger partial charge in [-0.25, -0.2) is 0 Å². The molecule has 3 nitrogen and oxygen atoms in total. The van der Waals surface area contributed by atoms with Crippen LogP contribution in [0.2, 0.25) is 0 Å². The Balaban J connectivity index is 2.89. The number of benzene rings is 1. The van der Waals surface area contributed by atoms with E-state index in [2.05, 4.69) is 0 Å². The van der Waals surface area contributed by atoms with E-state index in [1.54, 1.807) is 13.2 Å². The van der Waals surface area contributed by atoms with E-state index in [9.17, 15) is 4.79 Å². The van der Waals surface area contributed by atoms with Gasteiger partial charge < -0.3 is 9.47 Å². The first kappa shape index (κ1) is 10.7. The second-order valence-electron chi connectivity index (χ2n) is 3.14. The van der Waals surface area contributed by atoms with Crippen LogP contribution < -0.4 is 4.74 Å². The molecule has 0 heterocycles. The van der Waals surface area contributed by atoms with Crippen LogP contribution in [0.3, 0.4) is 0 Å². The molecule has 0 aliphatic carbocycles. The summed E-state index contributed by atoms with van der Waals surface area (Å²) in [6.45, 7) is 3.65. The van der Waals surface area contributed by atoms with Gasteiger partial charge in [-0.2, -0.15) is 0 Å². The minimum Gasteiger partial charge on any atom is -0.468 e. The lowest BCUT2D eigenvalue weighted by Crippen LogP contribution is -2.01. The van der Waals surface area contributed by atoms with Crippen LogP contribution in [0.25, 0.3) is 0 Å². The summed E-state index contributed by atoms with van der Waals surface area (Å²) in [6.07, 6.45) is 0. The highest BCUT2D eigenvalue weighted by Gasteiger charge is 2.03. The van der Waals surface area contributed by atoms with Crippen molar-refractivity contribution in [1.29, 1.82) is 0 Å². The van der Waals surface area contributed by atoms with Gasteiger partial charge in [-0.15, -0.1) is 0 Å². The summed E-state index contributed by atoms with van der Waals surface area (Å²) in [5.74, 6) is 0.702. The molecular weight excluding hydrogens is 180 g/mol. The van der Waals surface area contributed by atoms with Crippen LogP contribution in [0.4, 0.5) is 0 Å². The number of hydrogen-bond donors (Lipinski definition) is 0. The SMILES string of the molecule is COCOc1cc(C)cc(C(C)=O)c1. The molecule has 0 amide bonds. The second kappa shape index (κ2) is 4.77. The lowest BCUT2D eigenvalue weighted by atomic mass is 10.1. The van der Waals surface area contributed by atoms with Gasteiger partial charge in [-0.3, -0.25) is 4.79 Å². The van der Waals surface area contributed by atoms with Gasteiger partial charge >= 0.3 is 0 Å². The molecule has 14 heavy (non-hydrogen) atoms. The van der Waals surface area contributed by atoms with Gasteiger partial charge in [0.1, 0.15) is 5.75 Å². The molecule has 0 aromatic heterocycles. The first-order chi connectivity index (χ1) is 6.63. The number of rotatable bonds is 4. The Labute approximate surface area is 83.6 Å². The van der Waals surface area contributed by atoms with Gasteiger partial charge in [-0.05, 0) is 37.6 Å². The molecule has 1 aromatic carbocycles. The topological polar surface area (TPSA) is 35.5 Å². The number of Topliss-reactive ketones (excluding diaryl/α,β-unsaturated/α-hetero) is 1. The first-order valence-electron chi connectivity index (χ1n) is 4.38. The van der Waals surface area contributed by atoms with Gasteiger partial charge in [0.25, 0.3) is 0 Å². The highest BCUT2D eigenvalue weighted by atomic mass is 16.7. The Kier molecular flexibility index (Phi) is 3.65. The van der Waals surface area contributed by atoms with E-state index in [-0.39, 0.29) is 12.6 Å². The molecule has 76 valence electrons. The van der Waals surface area contributed by atoms with Crippen LogP contribution in [0.15, 0.2) is 18.2 Å². The fraction of sp³-hybridized carbons (Fsp3) is 0.364. The van der Waals surface area contributed by atoms with Crippen molar-refractivity contribution in [2.24, 2.45) is 0 Å². The summed E-state index contributed by atoms with van der Waals surface area (Å²) < 4.78 is 10.0. The molecule has 0 N–H and O–H groups in total. The predicted octanol–water partition coefficient (Wildman–Crippen LogP) is 2.18. The lowest BCUT2D eigenvalue weighted by Gasteiger charge is -2.07. The molecule has 0 atom stereocenters. The maximum Gasteiger partial charge on any atom is 0.188 e. The zero-order chi connectivity index (χ0) is 10.6. The minimum atomic E-state index is 0.0379. The number of ketones is 1. The third-order valence-electron chi connectivity index (χ3n) is 1.80. The van der Waals surface area contributed by atoms with E-state index in [0.29, 0.717) is 11.3 Å². The summed E-state index contributed by atoms with van der Waals surface area (Å²) in [7, 11) is 1.56. The van der Waals surface area contributed by atoms with Crippen molar-refractivity contribution in [2.75, 3.05) is 13.9 Å². The zero-order valence-corrected chi connectivity index (χ0v) is 8.66. The normalized spacial score (nSPS) is 9.93. The van der Waals surface area contributed by atoms with Gasteiger partial charge in [0, 0.05) is 12.7 Å². The van der Waals surface area contributed by atoms with Crippen molar-refractivity contribution in [3.8, 4) is 5.75 Å². The van der Waals surface area contributed by atoms with Gasteiger partial charge in [-0.1, -0.05) is 0 Å². The number of aryl methyl sites for hydroxylation is 1. The predicted molar refractivity (Wildman–Crippen MR) is 53.7 cm³/mol. The number of carbonyl (C=O) groups excluding carboxylic acids is 1.